The van der Waals surface area contributed by atoms with E-state index in [2.05, 4.69) is 12.2 Å². The predicted molar refractivity (Wildman–Crippen MR) is 128 cm³/mol. The molecule has 5 nitrogen and oxygen atoms in total. The molecule has 0 aliphatic heterocycles. The summed E-state index contributed by atoms with van der Waals surface area (Å²) in [6, 6.07) is 0. The summed E-state index contributed by atoms with van der Waals surface area (Å²) >= 11 is 5.16. The minimum atomic E-state index is -3.95. The Hall–Kier alpha value is -0.0900. The molecule has 1 amide bonds. The van der Waals surface area contributed by atoms with Gasteiger partial charge in [-0.05, 0) is 26.2 Å². The summed E-state index contributed by atoms with van der Waals surface area (Å²) in [6.45, 7) is 0.578. The van der Waals surface area contributed by atoms with E-state index in [0.29, 0.717) is 25.8 Å². The van der Waals surface area contributed by atoms with Crippen molar-refractivity contribution in [2.45, 2.75) is 136 Å². The molecule has 0 aromatic carbocycles. The zero-order valence-electron chi connectivity index (χ0n) is 19.5. The molecule has 0 rings (SSSR count). The SMILES string of the molecule is CCCCCCCCCCCCCCCCCC(=O)NCCCC(C)OP(=O)(O)Cl. The number of amides is 1. The fourth-order valence-corrected chi connectivity index (χ4v) is 4.59. The second-order valence-corrected chi connectivity index (χ2v) is 11.0. The van der Waals surface area contributed by atoms with Gasteiger partial charge in [0.1, 0.15) is 0 Å². The van der Waals surface area contributed by atoms with Crippen LogP contribution in [0.15, 0.2) is 0 Å². The molecule has 0 saturated heterocycles. The van der Waals surface area contributed by atoms with Crippen molar-refractivity contribution in [3.05, 3.63) is 0 Å². The van der Waals surface area contributed by atoms with Gasteiger partial charge in [-0.15, -0.1) is 0 Å². The highest BCUT2D eigenvalue weighted by atomic mass is 35.7. The molecule has 7 heteroatoms. The summed E-state index contributed by atoms with van der Waals surface area (Å²) in [5.41, 5.74) is 0. The molecule has 2 atom stereocenters. The summed E-state index contributed by atoms with van der Waals surface area (Å²) in [7, 11) is 0. The van der Waals surface area contributed by atoms with Gasteiger partial charge < -0.3 is 10.2 Å². The molecular weight excluding hydrogens is 421 g/mol. The smallest absolute Gasteiger partial charge is 0.356 e. The van der Waals surface area contributed by atoms with Crippen LogP contribution in [0.4, 0.5) is 0 Å². The van der Waals surface area contributed by atoms with Gasteiger partial charge >= 0.3 is 6.95 Å². The lowest BCUT2D eigenvalue weighted by Gasteiger charge is -2.13. The Morgan fingerprint density at radius 3 is 1.73 bits per heavy atom. The van der Waals surface area contributed by atoms with Gasteiger partial charge in [0.2, 0.25) is 5.91 Å². The van der Waals surface area contributed by atoms with Crippen molar-refractivity contribution in [1.82, 2.24) is 5.32 Å². The highest BCUT2D eigenvalue weighted by Crippen LogP contribution is 2.49. The molecule has 0 radical (unpaired) electrons. The topological polar surface area (TPSA) is 75.6 Å². The number of carbonyl (C=O) groups excluding carboxylic acids is 1. The van der Waals surface area contributed by atoms with Crippen LogP contribution >= 0.6 is 18.2 Å². The monoisotopic (exact) mass is 467 g/mol. The Bertz CT molecular complexity index is 445. The third kappa shape index (κ3) is 24.2. The molecule has 2 unspecified atom stereocenters. The first-order chi connectivity index (χ1) is 14.3. The number of nitrogens with one attached hydrogen (secondary N) is 1. The third-order valence-corrected chi connectivity index (χ3v) is 6.29. The van der Waals surface area contributed by atoms with Gasteiger partial charge in [0.15, 0.2) is 0 Å². The third-order valence-electron chi connectivity index (χ3n) is 5.43. The van der Waals surface area contributed by atoms with E-state index in [9.17, 15) is 9.36 Å². The van der Waals surface area contributed by atoms with Crippen LogP contribution < -0.4 is 5.32 Å². The van der Waals surface area contributed by atoms with Gasteiger partial charge in [-0.1, -0.05) is 96.8 Å². The lowest BCUT2D eigenvalue weighted by molar-refractivity contribution is -0.121. The summed E-state index contributed by atoms with van der Waals surface area (Å²) < 4.78 is 15.7. The normalized spacial score (nSPS) is 14.4. The molecule has 0 aromatic heterocycles. The fourth-order valence-electron chi connectivity index (χ4n) is 3.64. The van der Waals surface area contributed by atoms with E-state index in [4.69, 9.17) is 20.7 Å². The van der Waals surface area contributed by atoms with E-state index in [-0.39, 0.29) is 5.91 Å². The molecule has 0 spiro atoms. The van der Waals surface area contributed by atoms with Gasteiger partial charge in [-0.2, -0.15) is 0 Å². The zero-order chi connectivity index (χ0) is 22.5. The van der Waals surface area contributed by atoms with E-state index in [1.54, 1.807) is 6.92 Å². The minimum Gasteiger partial charge on any atom is -0.356 e. The average Bonchev–Trinajstić information content (AvgIpc) is 2.67. The summed E-state index contributed by atoms with van der Waals surface area (Å²) in [5, 5.41) is 2.89. The van der Waals surface area contributed by atoms with Gasteiger partial charge in [0.05, 0.1) is 6.10 Å². The van der Waals surface area contributed by atoms with Gasteiger partial charge in [0.25, 0.3) is 0 Å². The molecular formula is C23H47ClNO4P. The molecule has 0 aliphatic rings. The van der Waals surface area contributed by atoms with Crippen LogP contribution in [-0.2, 0) is 13.9 Å². The van der Waals surface area contributed by atoms with Crippen LogP contribution in [0.3, 0.4) is 0 Å². The molecule has 0 aromatic rings. The molecule has 0 bridgehead atoms. The first kappa shape index (κ1) is 29.9. The Labute approximate surface area is 190 Å². The van der Waals surface area contributed by atoms with Crippen molar-refractivity contribution in [2.24, 2.45) is 0 Å². The van der Waals surface area contributed by atoms with E-state index in [1.165, 1.54) is 83.5 Å². The number of halogens is 1. The number of carbonyl (C=O) groups is 1. The van der Waals surface area contributed by atoms with Crippen molar-refractivity contribution in [3.63, 3.8) is 0 Å². The molecule has 30 heavy (non-hydrogen) atoms. The van der Waals surface area contributed by atoms with Crippen LogP contribution in [0.5, 0.6) is 0 Å². The van der Waals surface area contributed by atoms with E-state index < -0.39 is 13.1 Å². The molecule has 0 aliphatic carbocycles. The van der Waals surface area contributed by atoms with Gasteiger partial charge in [-0.25, -0.2) is 4.57 Å². The number of rotatable bonds is 22. The number of unbranched alkanes of at least 4 members (excludes halogenated alkanes) is 14. The molecule has 180 valence electrons. The second kappa shape index (κ2) is 20.8. The Balaban J connectivity index is 3.27. The summed E-state index contributed by atoms with van der Waals surface area (Å²) in [4.78, 5) is 20.7. The summed E-state index contributed by atoms with van der Waals surface area (Å²) in [5.74, 6) is 0.0865. The quantitative estimate of drug-likeness (QED) is 0.125. The van der Waals surface area contributed by atoms with Crippen LogP contribution in [0.25, 0.3) is 0 Å². The van der Waals surface area contributed by atoms with Gasteiger partial charge in [-0.3, -0.25) is 9.32 Å². The van der Waals surface area contributed by atoms with Gasteiger partial charge in [0, 0.05) is 24.2 Å². The zero-order valence-corrected chi connectivity index (χ0v) is 21.2. The largest absolute Gasteiger partial charge is 0.421 e. The van der Waals surface area contributed by atoms with E-state index in [0.717, 1.165) is 12.8 Å². The van der Waals surface area contributed by atoms with Crippen molar-refractivity contribution in [2.75, 3.05) is 6.54 Å². The molecule has 0 saturated carbocycles. The van der Waals surface area contributed by atoms with Crippen molar-refractivity contribution in [1.29, 1.82) is 0 Å². The maximum Gasteiger partial charge on any atom is 0.421 e. The highest BCUT2D eigenvalue weighted by molar-refractivity contribution is 7.80. The Morgan fingerprint density at radius 1 is 0.867 bits per heavy atom. The molecule has 0 heterocycles. The first-order valence-corrected chi connectivity index (χ1v) is 14.8. The number of hydrogen-bond acceptors (Lipinski definition) is 3. The lowest BCUT2D eigenvalue weighted by Crippen LogP contribution is -2.24. The maximum atomic E-state index is 11.8. The van der Waals surface area contributed by atoms with Crippen molar-refractivity contribution in [3.8, 4) is 0 Å². The van der Waals surface area contributed by atoms with Crippen molar-refractivity contribution >= 4 is 24.1 Å². The Kier molecular flexibility index (Phi) is 20.7. The fraction of sp³-hybridized carbons (Fsp3) is 0.957. The second-order valence-electron chi connectivity index (χ2n) is 8.56. The minimum absolute atomic E-state index is 0.0865. The number of hydrogen-bond donors (Lipinski definition) is 2. The first-order valence-electron chi connectivity index (χ1n) is 12.3. The van der Waals surface area contributed by atoms with Crippen LogP contribution in [0.2, 0.25) is 0 Å². The summed E-state index contributed by atoms with van der Waals surface area (Å²) in [6.07, 6.45) is 21.3. The highest BCUT2D eigenvalue weighted by Gasteiger charge is 2.18. The van der Waals surface area contributed by atoms with Crippen LogP contribution in [-0.4, -0.2) is 23.4 Å². The van der Waals surface area contributed by atoms with E-state index >= 15 is 0 Å². The van der Waals surface area contributed by atoms with Crippen LogP contribution in [0, 0.1) is 0 Å². The Morgan fingerprint density at radius 2 is 1.30 bits per heavy atom. The molecule has 0 fully saturated rings. The lowest BCUT2D eigenvalue weighted by atomic mass is 10.0. The van der Waals surface area contributed by atoms with E-state index in [1.807, 2.05) is 0 Å². The van der Waals surface area contributed by atoms with Crippen molar-refractivity contribution < 1.29 is 18.8 Å². The average molecular weight is 468 g/mol. The standard InChI is InChI=1S/C23H47ClNO4P/c1-3-4-5-6-7-8-9-10-11-12-13-14-15-16-17-20-23(26)25-21-18-19-22(2)29-30(24,27)28/h22H,3-21H2,1-2H3,(H,25,26)(H,27,28). The van der Waals surface area contributed by atoms with Crippen LogP contribution in [0.1, 0.15) is 129 Å². The maximum absolute atomic E-state index is 11.8. The molecule has 2 N–H and O–H groups in total. The predicted octanol–water partition coefficient (Wildman–Crippen LogP) is 7.89.